The second kappa shape index (κ2) is 6.55. The molecular weight excluding hydrogens is 276 g/mol. The van der Waals surface area contributed by atoms with Gasteiger partial charge in [0.1, 0.15) is 0 Å². The highest BCUT2D eigenvalue weighted by Crippen LogP contribution is 2.40. The molecule has 0 saturated heterocycles. The van der Waals surface area contributed by atoms with Gasteiger partial charge in [0.25, 0.3) is 6.29 Å². The molecule has 0 aromatic carbocycles. The molecule has 0 aromatic rings. The third-order valence-electron chi connectivity index (χ3n) is 4.37. The highest BCUT2D eigenvalue weighted by molar-refractivity contribution is 5.89. The number of esters is 1. The van der Waals surface area contributed by atoms with Crippen LogP contribution in [0.3, 0.4) is 0 Å². The molecule has 0 bridgehead atoms. The Labute approximate surface area is 133 Å². The van der Waals surface area contributed by atoms with Crippen molar-refractivity contribution in [2.24, 2.45) is 5.41 Å². The van der Waals surface area contributed by atoms with E-state index in [1.807, 2.05) is 6.92 Å². The van der Waals surface area contributed by atoms with Gasteiger partial charge >= 0.3 is 5.97 Å². The van der Waals surface area contributed by atoms with Crippen LogP contribution in [0.15, 0.2) is 46.8 Å². The molecular formula is C19H26O3. The van der Waals surface area contributed by atoms with Crippen LogP contribution in [-0.4, -0.2) is 12.3 Å². The van der Waals surface area contributed by atoms with Crippen LogP contribution in [0, 0.1) is 5.41 Å². The van der Waals surface area contributed by atoms with Crippen LogP contribution in [0.5, 0.6) is 0 Å². The quantitative estimate of drug-likeness (QED) is 0.424. The van der Waals surface area contributed by atoms with Crippen LogP contribution in [-0.2, 0) is 14.3 Å². The average molecular weight is 302 g/mol. The van der Waals surface area contributed by atoms with Gasteiger partial charge < -0.3 is 9.47 Å². The summed E-state index contributed by atoms with van der Waals surface area (Å²) in [6.45, 7) is 10.5. The molecule has 0 N–H and O–H groups in total. The summed E-state index contributed by atoms with van der Waals surface area (Å²) in [5.41, 5.74) is 4.73. The van der Waals surface area contributed by atoms with Crippen molar-refractivity contribution in [1.29, 1.82) is 0 Å². The van der Waals surface area contributed by atoms with Gasteiger partial charge in [-0.2, -0.15) is 0 Å². The van der Waals surface area contributed by atoms with E-state index in [9.17, 15) is 4.79 Å². The second-order valence-corrected chi connectivity index (χ2v) is 6.89. The molecule has 0 spiro atoms. The standard InChI is InChI=1S/C19H26O3/c1-13(12-21-17-11-15(3)18(20)22-17)8-9-16-14(2)7-6-10-19(16,4)5/h8-9,11-12,17H,6-7,10H2,1-5H3/b9-8+,13-12-/t17-/m1/s1. The minimum Gasteiger partial charge on any atom is -0.458 e. The summed E-state index contributed by atoms with van der Waals surface area (Å²) in [6, 6.07) is 0. The van der Waals surface area contributed by atoms with E-state index in [2.05, 4.69) is 32.9 Å². The first-order valence-corrected chi connectivity index (χ1v) is 7.89. The first-order chi connectivity index (χ1) is 10.3. The van der Waals surface area contributed by atoms with E-state index in [1.54, 1.807) is 19.3 Å². The molecule has 0 amide bonds. The van der Waals surface area contributed by atoms with Crippen molar-refractivity contribution < 1.29 is 14.3 Å². The summed E-state index contributed by atoms with van der Waals surface area (Å²) in [6.07, 6.45) is 10.7. The van der Waals surface area contributed by atoms with Crippen molar-refractivity contribution in [1.82, 2.24) is 0 Å². The van der Waals surface area contributed by atoms with E-state index >= 15 is 0 Å². The fourth-order valence-corrected chi connectivity index (χ4v) is 3.01. The number of ether oxygens (including phenoxy) is 2. The Balaban J connectivity index is 2.00. The zero-order chi connectivity index (χ0) is 16.3. The maximum absolute atomic E-state index is 11.3. The van der Waals surface area contributed by atoms with Gasteiger partial charge in [-0.3, -0.25) is 0 Å². The molecule has 2 rings (SSSR count). The third-order valence-corrected chi connectivity index (χ3v) is 4.37. The molecule has 22 heavy (non-hydrogen) atoms. The number of carbonyl (C=O) groups excluding carboxylic acids is 1. The molecule has 3 heteroatoms. The van der Waals surface area contributed by atoms with Crippen molar-refractivity contribution in [3.63, 3.8) is 0 Å². The lowest BCUT2D eigenvalue weighted by Crippen LogP contribution is -2.19. The van der Waals surface area contributed by atoms with Crippen LogP contribution in [0.4, 0.5) is 0 Å². The van der Waals surface area contributed by atoms with E-state index in [0.717, 1.165) is 5.57 Å². The molecule has 0 unspecified atom stereocenters. The number of carbonyl (C=O) groups is 1. The molecule has 0 aromatic heterocycles. The summed E-state index contributed by atoms with van der Waals surface area (Å²) >= 11 is 0. The molecule has 1 atom stereocenters. The van der Waals surface area contributed by atoms with E-state index < -0.39 is 6.29 Å². The SMILES string of the molecule is CC1=C[C@H](O/C=C(C)\C=C\C2=C(C)CCCC2(C)C)OC1=O. The van der Waals surface area contributed by atoms with Crippen molar-refractivity contribution in [3.8, 4) is 0 Å². The number of hydrogen-bond donors (Lipinski definition) is 0. The summed E-state index contributed by atoms with van der Waals surface area (Å²) in [5, 5.41) is 0. The van der Waals surface area contributed by atoms with Gasteiger partial charge in [-0.25, -0.2) is 4.79 Å². The van der Waals surface area contributed by atoms with E-state index in [0.29, 0.717) is 5.57 Å². The zero-order valence-corrected chi connectivity index (χ0v) is 14.2. The normalized spacial score (nSPS) is 25.5. The Kier molecular flexibility index (Phi) is 4.94. The molecule has 2 aliphatic rings. The van der Waals surface area contributed by atoms with E-state index in [4.69, 9.17) is 9.47 Å². The topological polar surface area (TPSA) is 35.5 Å². The largest absolute Gasteiger partial charge is 0.458 e. The van der Waals surface area contributed by atoms with Crippen molar-refractivity contribution in [2.45, 2.75) is 60.2 Å². The summed E-state index contributed by atoms with van der Waals surface area (Å²) in [7, 11) is 0. The number of cyclic esters (lactones) is 1. The van der Waals surface area contributed by atoms with Gasteiger partial charge in [0.15, 0.2) is 0 Å². The van der Waals surface area contributed by atoms with Crippen LogP contribution < -0.4 is 0 Å². The number of hydrogen-bond acceptors (Lipinski definition) is 3. The van der Waals surface area contributed by atoms with Gasteiger partial charge in [-0.1, -0.05) is 31.6 Å². The van der Waals surface area contributed by atoms with Gasteiger partial charge in [0.2, 0.25) is 0 Å². The lowest BCUT2D eigenvalue weighted by Gasteiger charge is -2.32. The van der Waals surface area contributed by atoms with Crippen LogP contribution >= 0.6 is 0 Å². The van der Waals surface area contributed by atoms with Crippen molar-refractivity contribution in [3.05, 3.63) is 46.8 Å². The summed E-state index contributed by atoms with van der Waals surface area (Å²) < 4.78 is 10.5. The van der Waals surface area contributed by atoms with Crippen molar-refractivity contribution >= 4 is 5.97 Å². The molecule has 0 fully saturated rings. The van der Waals surface area contributed by atoms with E-state index in [-0.39, 0.29) is 11.4 Å². The highest BCUT2D eigenvalue weighted by atomic mass is 16.7. The molecule has 0 radical (unpaired) electrons. The predicted molar refractivity (Wildman–Crippen MR) is 88.0 cm³/mol. The molecule has 1 aliphatic heterocycles. The highest BCUT2D eigenvalue weighted by Gasteiger charge is 2.26. The fourth-order valence-electron chi connectivity index (χ4n) is 3.01. The molecule has 1 heterocycles. The molecule has 120 valence electrons. The third kappa shape index (κ3) is 3.90. The summed E-state index contributed by atoms with van der Waals surface area (Å²) in [5.74, 6) is -0.309. The predicted octanol–water partition coefficient (Wildman–Crippen LogP) is 4.82. The zero-order valence-electron chi connectivity index (χ0n) is 14.2. The minimum absolute atomic E-state index is 0.237. The van der Waals surface area contributed by atoms with Gasteiger partial charge in [0.05, 0.1) is 6.26 Å². The summed E-state index contributed by atoms with van der Waals surface area (Å²) in [4.78, 5) is 11.3. The van der Waals surface area contributed by atoms with Gasteiger partial charge in [-0.05, 0) is 56.6 Å². The minimum atomic E-state index is -0.595. The van der Waals surface area contributed by atoms with Crippen LogP contribution in [0.2, 0.25) is 0 Å². The lowest BCUT2D eigenvalue weighted by atomic mass is 9.72. The molecule has 3 nitrogen and oxygen atoms in total. The Morgan fingerprint density at radius 1 is 1.41 bits per heavy atom. The second-order valence-electron chi connectivity index (χ2n) is 6.89. The lowest BCUT2D eigenvalue weighted by molar-refractivity contribution is -0.152. The van der Waals surface area contributed by atoms with Crippen LogP contribution in [0.1, 0.15) is 53.9 Å². The fraction of sp³-hybridized carbons (Fsp3) is 0.526. The Hall–Kier alpha value is -1.77. The molecule has 0 saturated carbocycles. The average Bonchev–Trinajstić information content (AvgIpc) is 2.74. The van der Waals surface area contributed by atoms with Crippen molar-refractivity contribution in [2.75, 3.05) is 0 Å². The Morgan fingerprint density at radius 3 is 2.73 bits per heavy atom. The molecule has 1 aliphatic carbocycles. The van der Waals surface area contributed by atoms with Gasteiger partial charge in [-0.15, -0.1) is 0 Å². The first-order valence-electron chi connectivity index (χ1n) is 7.89. The maximum Gasteiger partial charge on any atom is 0.336 e. The number of allylic oxidation sites excluding steroid dienone is 5. The monoisotopic (exact) mass is 302 g/mol. The number of rotatable bonds is 4. The van der Waals surface area contributed by atoms with Crippen LogP contribution in [0.25, 0.3) is 0 Å². The van der Waals surface area contributed by atoms with Gasteiger partial charge in [0, 0.05) is 11.6 Å². The smallest absolute Gasteiger partial charge is 0.336 e. The van der Waals surface area contributed by atoms with E-state index in [1.165, 1.54) is 30.4 Å². The Bertz CT molecular complexity index is 573. The Morgan fingerprint density at radius 2 is 2.14 bits per heavy atom. The maximum atomic E-state index is 11.3. The first kappa shape index (κ1) is 16.6.